The minimum absolute atomic E-state index is 0.0770. The van der Waals surface area contributed by atoms with E-state index in [2.05, 4.69) is 10.3 Å². The number of imidazole rings is 1. The Bertz CT molecular complexity index is 679. The Labute approximate surface area is 133 Å². The first-order valence-electron chi connectivity index (χ1n) is 7.13. The molecule has 1 aromatic heterocycles. The summed E-state index contributed by atoms with van der Waals surface area (Å²) in [4.78, 5) is 26.9. The van der Waals surface area contributed by atoms with Gasteiger partial charge in [-0.05, 0) is 17.7 Å². The first-order valence-corrected chi connectivity index (χ1v) is 7.13. The molecule has 7 nitrogen and oxygen atoms in total. The number of carboxylic acid groups (broad SMARTS) is 1. The third kappa shape index (κ3) is 4.32. The zero-order chi connectivity index (χ0) is 16.8. The van der Waals surface area contributed by atoms with Gasteiger partial charge in [0.1, 0.15) is 17.6 Å². The molecule has 0 saturated carbocycles. The van der Waals surface area contributed by atoms with Gasteiger partial charge in [0.2, 0.25) is 5.91 Å². The number of carbonyl (C=O) groups excluding carboxylic acids is 1. The van der Waals surface area contributed by atoms with Crippen molar-refractivity contribution in [1.29, 1.82) is 0 Å². The van der Waals surface area contributed by atoms with Crippen LogP contribution in [0.15, 0.2) is 36.7 Å². The third-order valence-corrected chi connectivity index (χ3v) is 3.44. The standard InChI is InChI=1S/C16H19N3O4/c1-19-10-9-17-16(19)15(18-13(20)7-8-14(21)22)11-3-5-12(23-2)6-4-11/h3-6,9-10,15H,7-8H2,1-2H3,(H,18,20)(H,21,22). The lowest BCUT2D eigenvalue weighted by molar-refractivity contribution is -0.138. The highest BCUT2D eigenvalue weighted by Gasteiger charge is 2.21. The summed E-state index contributed by atoms with van der Waals surface area (Å²) in [5.74, 6) is 0.0396. The number of nitrogens with one attached hydrogen (secondary N) is 1. The van der Waals surface area contributed by atoms with Crippen LogP contribution in [0.1, 0.15) is 30.3 Å². The molecule has 0 aliphatic rings. The van der Waals surface area contributed by atoms with Gasteiger partial charge in [0.15, 0.2) is 0 Å². The monoisotopic (exact) mass is 317 g/mol. The molecule has 2 aromatic rings. The molecular weight excluding hydrogens is 298 g/mol. The van der Waals surface area contributed by atoms with E-state index in [0.29, 0.717) is 11.6 Å². The van der Waals surface area contributed by atoms with Crippen molar-refractivity contribution < 1.29 is 19.4 Å². The number of amides is 1. The Morgan fingerprint density at radius 1 is 1.30 bits per heavy atom. The van der Waals surface area contributed by atoms with Crippen LogP contribution in [0.2, 0.25) is 0 Å². The van der Waals surface area contributed by atoms with E-state index in [0.717, 1.165) is 5.56 Å². The predicted octanol–water partition coefficient (Wildman–Crippen LogP) is 1.50. The Morgan fingerprint density at radius 3 is 2.52 bits per heavy atom. The first kappa shape index (κ1) is 16.5. The first-order chi connectivity index (χ1) is 11.0. The van der Waals surface area contributed by atoms with Gasteiger partial charge in [-0.1, -0.05) is 12.1 Å². The number of ether oxygens (including phenoxy) is 1. The fraction of sp³-hybridized carbons (Fsp3) is 0.312. The summed E-state index contributed by atoms with van der Waals surface area (Å²) in [6.45, 7) is 0. The molecule has 2 rings (SSSR count). The highest BCUT2D eigenvalue weighted by Crippen LogP contribution is 2.23. The molecule has 1 heterocycles. The minimum atomic E-state index is -1.00. The number of rotatable bonds is 7. The van der Waals surface area contributed by atoms with Crippen LogP contribution in [0.25, 0.3) is 0 Å². The molecular formula is C16H19N3O4. The summed E-state index contributed by atoms with van der Waals surface area (Å²) in [5.41, 5.74) is 0.837. The Morgan fingerprint density at radius 2 is 2.00 bits per heavy atom. The Balaban J connectivity index is 2.23. The van der Waals surface area contributed by atoms with E-state index in [1.807, 2.05) is 23.7 Å². The molecule has 1 atom stereocenters. The van der Waals surface area contributed by atoms with Gasteiger partial charge in [0, 0.05) is 25.9 Å². The number of methoxy groups -OCH3 is 1. The number of carbonyl (C=O) groups is 2. The predicted molar refractivity (Wildman–Crippen MR) is 83.1 cm³/mol. The largest absolute Gasteiger partial charge is 0.497 e. The second-order valence-corrected chi connectivity index (χ2v) is 5.06. The molecule has 0 aliphatic heterocycles. The van der Waals surface area contributed by atoms with Gasteiger partial charge in [-0.2, -0.15) is 0 Å². The van der Waals surface area contributed by atoms with Crippen LogP contribution in [0.3, 0.4) is 0 Å². The normalized spacial score (nSPS) is 11.7. The van der Waals surface area contributed by atoms with E-state index in [1.54, 1.807) is 31.6 Å². The van der Waals surface area contributed by atoms with Crippen molar-refractivity contribution in [2.75, 3.05) is 7.11 Å². The molecule has 7 heteroatoms. The molecule has 0 saturated heterocycles. The molecule has 0 spiro atoms. The van der Waals surface area contributed by atoms with Crippen molar-refractivity contribution in [3.63, 3.8) is 0 Å². The lowest BCUT2D eigenvalue weighted by Crippen LogP contribution is -2.31. The van der Waals surface area contributed by atoms with E-state index < -0.39 is 12.0 Å². The molecule has 1 amide bonds. The number of hydrogen-bond acceptors (Lipinski definition) is 4. The van der Waals surface area contributed by atoms with Crippen LogP contribution in [-0.4, -0.2) is 33.6 Å². The van der Waals surface area contributed by atoms with Crippen molar-refractivity contribution in [2.24, 2.45) is 7.05 Å². The van der Waals surface area contributed by atoms with Crippen molar-refractivity contribution in [2.45, 2.75) is 18.9 Å². The van der Waals surface area contributed by atoms with Crippen LogP contribution in [0.4, 0.5) is 0 Å². The van der Waals surface area contributed by atoms with Crippen molar-refractivity contribution in [1.82, 2.24) is 14.9 Å². The van der Waals surface area contributed by atoms with Crippen LogP contribution in [0.5, 0.6) is 5.75 Å². The number of aliphatic carboxylic acids is 1. The van der Waals surface area contributed by atoms with E-state index in [9.17, 15) is 9.59 Å². The van der Waals surface area contributed by atoms with Gasteiger partial charge < -0.3 is 19.7 Å². The average Bonchev–Trinajstić information content (AvgIpc) is 2.96. The van der Waals surface area contributed by atoms with Crippen molar-refractivity contribution >= 4 is 11.9 Å². The SMILES string of the molecule is COc1ccc(C(NC(=O)CCC(=O)O)c2nccn2C)cc1. The number of aryl methyl sites for hydroxylation is 1. The molecule has 23 heavy (non-hydrogen) atoms. The molecule has 0 radical (unpaired) electrons. The summed E-state index contributed by atoms with van der Waals surface area (Å²) < 4.78 is 6.95. The number of carboxylic acids is 1. The zero-order valence-corrected chi connectivity index (χ0v) is 13.0. The maximum atomic E-state index is 12.0. The van der Waals surface area contributed by atoms with Gasteiger partial charge in [-0.15, -0.1) is 0 Å². The molecule has 0 aliphatic carbocycles. The molecule has 2 N–H and O–H groups in total. The van der Waals surface area contributed by atoms with E-state index in [4.69, 9.17) is 9.84 Å². The van der Waals surface area contributed by atoms with Gasteiger partial charge in [-0.3, -0.25) is 9.59 Å². The van der Waals surface area contributed by atoms with E-state index in [1.165, 1.54) is 0 Å². The summed E-state index contributed by atoms with van der Waals surface area (Å²) in [5, 5.41) is 11.5. The smallest absolute Gasteiger partial charge is 0.303 e. The van der Waals surface area contributed by atoms with Gasteiger partial charge in [-0.25, -0.2) is 4.98 Å². The third-order valence-electron chi connectivity index (χ3n) is 3.44. The number of benzene rings is 1. The summed E-state index contributed by atoms with van der Waals surface area (Å²) in [7, 11) is 3.42. The average molecular weight is 317 g/mol. The fourth-order valence-corrected chi connectivity index (χ4v) is 2.20. The number of nitrogens with zero attached hydrogens (tertiary/aromatic N) is 2. The molecule has 0 bridgehead atoms. The molecule has 0 fully saturated rings. The maximum absolute atomic E-state index is 12.0. The molecule has 1 unspecified atom stereocenters. The van der Waals surface area contributed by atoms with Gasteiger partial charge in [0.05, 0.1) is 13.5 Å². The zero-order valence-electron chi connectivity index (χ0n) is 13.0. The minimum Gasteiger partial charge on any atom is -0.497 e. The number of hydrogen-bond donors (Lipinski definition) is 2. The second-order valence-electron chi connectivity index (χ2n) is 5.06. The summed E-state index contributed by atoms with van der Waals surface area (Å²) in [6.07, 6.45) is 3.15. The molecule has 122 valence electrons. The van der Waals surface area contributed by atoms with Gasteiger partial charge in [0.25, 0.3) is 0 Å². The van der Waals surface area contributed by atoms with Crippen LogP contribution in [0, 0.1) is 0 Å². The van der Waals surface area contributed by atoms with E-state index in [-0.39, 0.29) is 18.7 Å². The quantitative estimate of drug-likeness (QED) is 0.807. The lowest BCUT2D eigenvalue weighted by atomic mass is 10.1. The summed E-state index contributed by atoms with van der Waals surface area (Å²) >= 11 is 0. The topological polar surface area (TPSA) is 93.4 Å². The van der Waals surface area contributed by atoms with Crippen LogP contribution in [-0.2, 0) is 16.6 Å². The highest BCUT2D eigenvalue weighted by molar-refractivity contribution is 5.81. The molecule has 1 aromatic carbocycles. The lowest BCUT2D eigenvalue weighted by Gasteiger charge is -2.19. The highest BCUT2D eigenvalue weighted by atomic mass is 16.5. The summed E-state index contributed by atoms with van der Waals surface area (Å²) in [6, 6.07) is 6.83. The van der Waals surface area contributed by atoms with Crippen molar-refractivity contribution in [3.8, 4) is 5.75 Å². The fourth-order valence-electron chi connectivity index (χ4n) is 2.20. The van der Waals surface area contributed by atoms with E-state index >= 15 is 0 Å². The number of aromatic nitrogens is 2. The van der Waals surface area contributed by atoms with Gasteiger partial charge >= 0.3 is 5.97 Å². The van der Waals surface area contributed by atoms with Crippen LogP contribution < -0.4 is 10.1 Å². The maximum Gasteiger partial charge on any atom is 0.303 e. The second kappa shape index (κ2) is 7.44. The Hall–Kier alpha value is -2.83. The Kier molecular flexibility index (Phi) is 5.35. The van der Waals surface area contributed by atoms with Crippen LogP contribution >= 0.6 is 0 Å². The van der Waals surface area contributed by atoms with Crippen molar-refractivity contribution in [3.05, 3.63) is 48.0 Å².